The van der Waals surface area contributed by atoms with Gasteiger partial charge in [0.1, 0.15) is 21.0 Å². The molecule has 4 aromatic carbocycles. The second kappa shape index (κ2) is 10.5. The number of hydrogen-bond donors (Lipinski definition) is 0. The van der Waals surface area contributed by atoms with Crippen LogP contribution in [0.2, 0.25) is 0 Å². The molecule has 0 N–H and O–H groups in total. The molecular formula is C30H23N5O3S. The van der Waals surface area contributed by atoms with Gasteiger partial charge in [0, 0.05) is 11.1 Å². The van der Waals surface area contributed by atoms with Crippen molar-refractivity contribution < 1.29 is 14.4 Å². The second-order valence-electron chi connectivity index (χ2n) is 8.91. The molecule has 0 bridgehead atoms. The Kier molecular flexibility index (Phi) is 6.56. The molecule has 0 saturated heterocycles. The highest BCUT2D eigenvalue weighted by Gasteiger charge is 2.23. The van der Waals surface area contributed by atoms with Crippen molar-refractivity contribution in [1.29, 1.82) is 0 Å². The number of aromatic nitrogens is 5. The Labute approximate surface area is 228 Å². The van der Waals surface area contributed by atoms with E-state index in [-0.39, 0.29) is 5.91 Å². The third-order valence-electron chi connectivity index (χ3n) is 6.28. The molecule has 6 aromatic rings. The molecule has 8 nitrogen and oxygen atoms in total. The maximum Gasteiger partial charge on any atom is 0.366 e. The Hall–Kier alpha value is -4.89. The number of carbonyl (C=O) groups is 1. The van der Waals surface area contributed by atoms with Crippen LogP contribution in [0, 0.1) is 5.21 Å². The molecule has 9 heteroatoms. The van der Waals surface area contributed by atoms with Gasteiger partial charge in [-0.2, -0.15) is 0 Å². The predicted octanol–water partition coefficient (Wildman–Crippen LogP) is 6.00. The van der Waals surface area contributed by atoms with E-state index >= 15 is 0 Å². The van der Waals surface area contributed by atoms with Crippen molar-refractivity contribution in [2.75, 3.05) is 6.61 Å². The normalized spacial score (nSPS) is 11.1. The van der Waals surface area contributed by atoms with Gasteiger partial charge in [-0.05, 0) is 53.9 Å². The summed E-state index contributed by atoms with van der Waals surface area (Å²) in [4.78, 5) is 13.5. The zero-order valence-corrected chi connectivity index (χ0v) is 21.8. The van der Waals surface area contributed by atoms with Crippen molar-refractivity contribution in [2.45, 2.75) is 13.3 Å². The Morgan fingerprint density at radius 2 is 1.38 bits per heavy atom. The summed E-state index contributed by atoms with van der Waals surface area (Å²) in [7, 11) is 0. The second-order valence-corrected chi connectivity index (χ2v) is 9.89. The first kappa shape index (κ1) is 24.4. The third-order valence-corrected chi connectivity index (χ3v) is 7.30. The predicted molar refractivity (Wildman–Crippen MR) is 150 cm³/mol. The molecule has 0 amide bonds. The van der Waals surface area contributed by atoms with Crippen molar-refractivity contribution >= 4 is 28.3 Å². The van der Waals surface area contributed by atoms with Crippen LogP contribution in [-0.2, 0) is 0 Å². The summed E-state index contributed by atoms with van der Waals surface area (Å²) >= 11 is 1.48. The average molecular weight is 534 g/mol. The van der Waals surface area contributed by atoms with Crippen LogP contribution in [0.25, 0.3) is 43.3 Å². The summed E-state index contributed by atoms with van der Waals surface area (Å²) in [6.45, 7) is 2.80. The van der Waals surface area contributed by atoms with E-state index in [2.05, 4.69) is 46.6 Å². The van der Waals surface area contributed by atoms with E-state index in [9.17, 15) is 10.0 Å². The molecule has 6 rings (SSSR count). The maximum atomic E-state index is 13.0. The number of benzene rings is 4. The van der Waals surface area contributed by atoms with Gasteiger partial charge in [0.15, 0.2) is 0 Å². The summed E-state index contributed by atoms with van der Waals surface area (Å²) in [6.07, 6.45) is 0.981. The van der Waals surface area contributed by atoms with Gasteiger partial charge < -0.3 is 9.94 Å². The van der Waals surface area contributed by atoms with E-state index in [1.165, 1.54) is 11.3 Å². The smallest absolute Gasteiger partial charge is 0.366 e. The van der Waals surface area contributed by atoms with E-state index in [1.54, 1.807) is 36.4 Å². The molecule has 0 aliphatic carbocycles. The van der Waals surface area contributed by atoms with Crippen LogP contribution in [0.3, 0.4) is 0 Å². The SMILES string of the molecule is CCCOc1ccc(-c2ccc(-c3nnc(-c4ccc(C(=O)n5n[n+]([O-])c6ccccc65)cc4)s3)cc2)cc1. The number of para-hydroxylation sites is 2. The zero-order chi connectivity index (χ0) is 26.8. The van der Waals surface area contributed by atoms with Gasteiger partial charge in [-0.25, -0.2) is 4.79 Å². The molecule has 2 heterocycles. The molecule has 192 valence electrons. The average Bonchev–Trinajstić information content (AvgIpc) is 3.62. The molecule has 0 spiro atoms. The van der Waals surface area contributed by atoms with Crippen LogP contribution in [0.4, 0.5) is 0 Å². The number of fused-ring (bicyclic) bond motifs is 1. The van der Waals surface area contributed by atoms with Crippen molar-refractivity contribution in [3.8, 4) is 38.0 Å². The molecule has 0 fully saturated rings. The monoisotopic (exact) mass is 533 g/mol. The highest BCUT2D eigenvalue weighted by atomic mass is 32.1. The highest BCUT2D eigenvalue weighted by molar-refractivity contribution is 7.17. The number of ether oxygens (including phenoxy) is 1. The minimum absolute atomic E-state index is 0.340. The number of carbonyl (C=O) groups excluding carboxylic acids is 1. The van der Waals surface area contributed by atoms with Crippen molar-refractivity contribution in [3.63, 3.8) is 0 Å². The lowest BCUT2D eigenvalue weighted by molar-refractivity contribution is -0.645. The van der Waals surface area contributed by atoms with Gasteiger partial charge >= 0.3 is 5.91 Å². The van der Waals surface area contributed by atoms with Crippen molar-refractivity contribution in [1.82, 2.24) is 20.1 Å². The molecule has 0 unspecified atom stereocenters. The fourth-order valence-electron chi connectivity index (χ4n) is 4.24. The van der Waals surface area contributed by atoms with E-state index in [1.807, 2.05) is 36.4 Å². The van der Waals surface area contributed by atoms with Gasteiger partial charge in [-0.15, -0.1) is 15.0 Å². The Morgan fingerprint density at radius 3 is 2.03 bits per heavy atom. The van der Waals surface area contributed by atoms with Crippen LogP contribution in [0.5, 0.6) is 5.75 Å². The van der Waals surface area contributed by atoms with Crippen LogP contribution >= 0.6 is 11.3 Å². The summed E-state index contributed by atoms with van der Waals surface area (Å²) in [5.41, 5.74) is 5.27. The quantitative estimate of drug-likeness (QED) is 0.184. The van der Waals surface area contributed by atoms with Crippen LogP contribution in [0.1, 0.15) is 23.7 Å². The van der Waals surface area contributed by atoms with E-state index in [0.29, 0.717) is 28.0 Å². The van der Waals surface area contributed by atoms with Crippen LogP contribution in [-0.4, -0.2) is 32.6 Å². The lowest BCUT2D eigenvalue weighted by Crippen LogP contribution is -2.31. The van der Waals surface area contributed by atoms with Gasteiger partial charge in [0.05, 0.1) is 12.2 Å². The zero-order valence-electron chi connectivity index (χ0n) is 21.0. The third kappa shape index (κ3) is 4.87. The molecule has 2 aromatic heterocycles. The molecule has 0 radical (unpaired) electrons. The van der Waals surface area contributed by atoms with Crippen LogP contribution in [0.15, 0.2) is 97.1 Å². The first-order chi connectivity index (χ1) is 19.1. The first-order valence-corrected chi connectivity index (χ1v) is 13.3. The summed E-state index contributed by atoms with van der Waals surface area (Å²) in [5.74, 6) is 0.495. The van der Waals surface area contributed by atoms with Gasteiger partial charge in [-0.3, -0.25) is 0 Å². The maximum absolute atomic E-state index is 13.0. The lowest BCUT2D eigenvalue weighted by atomic mass is 10.0. The summed E-state index contributed by atoms with van der Waals surface area (Å²) < 4.78 is 6.79. The van der Waals surface area contributed by atoms with Gasteiger partial charge in [0.2, 0.25) is 11.0 Å². The minimum atomic E-state index is -0.381. The Bertz CT molecular complexity index is 1760. The minimum Gasteiger partial charge on any atom is -0.691 e. The molecule has 0 aliphatic rings. The first-order valence-electron chi connectivity index (χ1n) is 12.5. The standard InChI is InChI=1S/C30H23N5O3S/c1-2-19-38-25-17-15-21(16-18-25)20-7-9-22(10-8-20)28-31-32-29(39-28)23-11-13-24(14-12-23)30(36)34-26-5-3-4-6-27(26)35(37)33-34/h3-18H,2,19H2,1H3. The Balaban J connectivity index is 1.17. The number of nitrogens with zero attached hydrogens (tertiary/aromatic N) is 5. The van der Waals surface area contributed by atoms with Crippen molar-refractivity contribution in [2.24, 2.45) is 0 Å². The van der Waals surface area contributed by atoms with Crippen molar-refractivity contribution in [3.05, 3.63) is 108 Å². The Morgan fingerprint density at radius 1 is 0.821 bits per heavy atom. The molecule has 0 aliphatic heterocycles. The number of hydrogen-bond acceptors (Lipinski definition) is 7. The molecular weight excluding hydrogens is 510 g/mol. The van der Waals surface area contributed by atoms with E-state index < -0.39 is 0 Å². The fourth-order valence-corrected chi connectivity index (χ4v) is 5.09. The van der Waals surface area contributed by atoms with Gasteiger partial charge in [0.25, 0.3) is 0 Å². The fraction of sp³-hybridized carbons (Fsp3) is 0.100. The van der Waals surface area contributed by atoms with Gasteiger partial charge in [-0.1, -0.05) is 83.6 Å². The molecule has 0 atom stereocenters. The van der Waals surface area contributed by atoms with E-state index in [0.717, 1.165) is 49.1 Å². The summed E-state index contributed by atoms with van der Waals surface area (Å²) in [5, 5.41) is 26.2. The number of rotatable bonds is 7. The van der Waals surface area contributed by atoms with Crippen LogP contribution < -0.4 is 9.58 Å². The summed E-state index contributed by atoms with van der Waals surface area (Å²) in [6, 6.07) is 30.2. The molecule has 39 heavy (non-hydrogen) atoms. The largest absolute Gasteiger partial charge is 0.691 e. The highest BCUT2D eigenvalue weighted by Crippen LogP contribution is 2.32. The van der Waals surface area contributed by atoms with E-state index in [4.69, 9.17) is 4.74 Å². The lowest BCUT2D eigenvalue weighted by Gasteiger charge is -2.06. The molecule has 0 saturated carbocycles. The topological polar surface area (TPSA) is 96.8 Å².